The number of benzene rings is 1. The summed E-state index contributed by atoms with van der Waals surface area (Å²) < 4.78 is 47.1. The molecular weight excluding hydrogens is 463 g/mol. The highest BCUT2D eigenvalue weighted by molar-refractivity contribution is 5.77. The number of carbonyl (C=O) groups excluding carboxylic acids is 1. The first-order valence-corrected chi connectivity index (χ1v) is 11.0. The lowest BCUT2D eigenvalue weighted by atomic mass is 9.94. The molecule has 1 saturated heterocycles. The van der Waals surface area contributed by atoms with Crippen molar-refractivity contribution in [3.05, 3.63) is 35.5 Å². The first-order chi connectivity index (χ1) is 16.7. The number of anilines is 1. The third-order valence-electron chi connectivity index (χ3n) is 5.96. The van der Waals surface area contributed by atoms with Crippen LogP contribution in [-0.4, -0.2) is 49.7 Å². The first kappa shape index (κ1) is 25.7. The molecule has 1 aliphatic heterocycles. The van der Waals surface area contributed by atoms with Crippen molar-refractivity contribution in [3.8, 4) is 23.1 Å². The monoisotopic (exact) mass is 489 g/mol. The van der Waals surface area contributed by atoms with E-state index < -0.39 is 11.7 Å². The van der Waals surface area contributed by atoms with E-state index in [1.165, 1.54) is 18.2 Å². The zero-order chi connectivity index (χ0) is 25.6. The summed E-state index contributed by atoms with van der Waals surface area (Å²) in [6.45, 7) is 1.32. The summed E-state index contributed by atoms with van der Waals surface area (Å²) in [5, 5.41) is 18.0. The number of amides is 2. The van der Waals surface area contributed by atoms with Crippen molar-refractivity contribution in [2.45, 2.75) is 25.4 Å². The van der Waals surface area contributed by atoms with Gasteiger partial charge in [0.25, 0.3) is 0 Å². The Balaban J connectivity index is 1.77. The molecule has 0 saturated carbocycles. The third-order valence-corrected chi connectivity index (χ3v) is 5.96. The number of nitrogens with one attached hydrogen (secondary N) is 3. The molecular formula is C23H26F3N7O2. The van der Waals surface area contributed by atoms with Crippen molar-refractivity contribution in [2.75, 3.05) is 39.1 Å². The number of urea groups is 1. The highest BCUT2D eigenvalue weighted by atomic mass is 19.4. The normalized spacial score (nSPS) is 14.2. The van der Waals surface area contributed by atoms with Gasteiger partial charge in [-0.1, -0.05) is 0 Å². The van der Waals surface area contributed by atoms with Gasteiger partial charge in [0.15, 0.2) is 5.69 Å². The lowest BCUT2D eigenvalue weighted by Crippen LogP contribution is -2.43. The lowest BCUT2D eigenvalue weighted by molar-refractivity contribution is -0.138. The fourth-order valence-corrected chi connectivity index (χ4v) is 4.02. The van der Waals surface area contributed by atoms with E-state index in [0.717, 1.165) is 18.9 Å². The molecule has 1 aromatic heterocycles. The molecule has 0 atom stereocenters. The molecule has 2 aromatic rings. The van der Waals surface area contributed by atoms with Gasteiger partial charge in [0.1, 0.15) is 17.5 Å². The maximum Gasteiger partial charge on any atom is 0.419 e. The molecule has 0 unspecified atom stereocenters. The summed E-state index contributed by atoms with van der Waals surface area (Å²) in [6, 6.07) is 6.78. The van der Waals surface area contributed by atoms with Crippen LogP contribution in [0.3, 0.4) is 0 Å². The summed E-state index contributed by atoms with van der Waals surface area (Å²) >= 11 is 0. The van der Waals surface area contributed by atoms with E-state index in [4.69, 9.17) is 10.3 Å². The Morgan fingerprint density at radius 3 is 2.60 bits per heavy atom. The van der Waals surface area contributed by atoms with Crippen LogP contribution in [0.4, 0.5) is 29.3 Å². The van der Waals surface area contributed by atoms with Gasteiger partial charge < -0.3 is 20.3 Å². The molecule has 1 fully saturated rings. The molecule has 0 radical (unpaired) electrons. The van der Waals surface area contributed by atoms with Crippen LogP contribution in [0, 0.1) is 22.8 Å². The Morgan fingerprint density at radius 1 is 1.31 bits per heavy atom. The number of halogens is 3. The second-order valence-electron chi connectivity index (χ2n) is 8.06. The fraction of sp³-hybridized carbons (Fsp3) is 0.435. The standard InChI is InChI=1S/C23H26F3N7O2/c1-29-18-12-17(31-19(13-27)21(18)32-28)15-3-4-20(16(11-15)23(24,25)26)35-10-7-14-5-8-33(9-6-14)22(34)30-2/h3-4,11-12,14,28H,5-10H2,1-2H3,(H,29,31)(H,30,34). The largest absolute Gasteiger partial charge is 0.493 e. The number of likely N-dealkylation sites (tertiary alicyclic amines) is 1. The van der Waals surface area contributed by atoms with E-state index in [9.17, 15) is 23.2 Å². The number of ether oxygens (including phenoxy) is 1. The molecule has 0 bridgehead atoms. The number of rotatable bonds is 7. The average molecular weight is 490 g/mol. The van der Waals surface area contributed by atoms with Gasteiger partial charge in [-0.2, -0.15) is 23.5 Å². The molecule has 1 aromatic carbocycles. The number of hydrogen-bond acceptors (Lipinski definition) is 7. The highest BCUT2D eigenvalue weighted by Crippen LogP contribution is 2.40. The molecule has 12 heteroatoms. The SMILES string of the molecule is CNC(=O)N1CCC(CCOc2ccc(-c3cc(NC)c(N=N)c(C#N)n3)cc2C(F)(F)F)CC1. The van der Waals surface area contributed by atoms with E-state index in [0.29, 0.717) is 25.2 Å². The number of alkyl halides is 3. The number of nitriles is 1. The number of carbonyl (C=O) groups is 1. The number of pyridine rings is 1. The van der Waals surface area contributed by atoms with Crippen molar-refractivity contribution in [1.29, 1.82) is 10.8 Å². The molecule has 0 spiro atoms. The van der Waals surface area contributed by atoms with E-state index in [1.807, 2.05) is 6.07 Å². The second-order valence-corrected chi connectivity index (χ2v) is 8.06. The van der Waals surface area contributed by atoms with Crippen molar-refractivity contribution in [2.24, 2.45) is 11.0 Å². The minimum absolute atomic E-state index is 0.0101. The van der Waals surface area contributed by atoms with Gasteiger partial charge in [0.05, 0.1) is 23.6 Å². The number of piperidine rings is 1. The van der Waals surface area contributed by atoms with Crippen molar-refractivity contribution < 1.29 is 22.7 Å². The number of nitrogens with zero attached hydrogens (tertiary/aromatic N) is 4. The summed E-state index contributed by atoms with van der Waals surface area (Å²) in [5.41, 5.74) is 6.73. The Kier molecular flexibility index (Phi) is 8.11. The van der Waals surface area contributed by atoms with Gasteiger partial charge in [-0.05, 0) is 49.4 Å². The predicted octanol–water partition coefficient (Wildman–Crippen LogP) is 5.16. The van der Waals surface area contributed by atoms with Crippen molar-refractivity contribution in [3.63, 3.8) is 0 Å². The maximum absolute atomic E-state index is 13.8. The molecule has 186 valence electrons. The molecule has 3 rings (SSSR count). The number of hydrogen-bond donors (Lipinski definition) is 3. The van der Waals surface area contributed by atoms with Crippen LogP contribution in [-0.2, 0) is 6.18 Å². The van der Waals surface area contributed by atoms with E-state index >= 15 is 0 Å². The van der Waals surface area contributed by atoms with Gasteiger partial charge in [-0.25, -0.2) is 15.3 Å². The quantitative estimate of drug-likeness (QED) is 0.463. The first-order valence-electron chi connectivity index (χ1n) is 11.0. The van der Waals surface area contributed by atoms with Gasteiger partial charge in [0, 0.05) is 32.7 Å². The molecule has 3 N–H and O–H groups in total. The Bertz CT molecular complexity index is 1120. The van der Waals surface area contributed by atoms with Gasteiger partial charge >= 0.3 is 12.2 Å². The molecule has 9 nitrogen and oxygen atoms in total. The van der Waals surface area contributed by atoms with Gasteiger partial charge in [-0.15, -0.1) is 0 Å². The van der Waals surface area contributed by atoms with Crippen LogP contribution in [0.15, 0.2) is 29.4 Å². The zero-order valence-electron chi connectivity index (χ0n) is 19.4. The zero-order valence-corrected chi connectivity index (χ0v) is 19.4. The maximum atomic E-state index is 13.8. The Labute approximate surface area is 200 Å². The van der Waals surface area contributed by atoms with Gasteiger partial charge in [-0.3, -0.25) is 0 Å². The molecule has 1 aliphatic rings. The Hall–Kier alpha value is -3.88. The van der Waals surface area contributed by atoms with E-state index in [-0.39, 0.29) is 46.9 Å². The topological polar surface area (TPSA) is 126 Å². The lowest BCUT2D eigenvalue weighted by Gasteiger charge is -2.31. The third kappa shape index (κ3) is 5.98. The minimum atomic E-state index is -4.66. The summed E-state index contributed by atoms with van der Waals surface area (Å²) in [5.74, 6) is -0.0183. The second kappa shape index (κ2) is 11.0. The molecule has 2 heterocycles. The smallest absolute Gasteiger partial charge is 0.419 e. The van der Waals surface area contributed by atoms with Crippen LogP contribution in [0.25, 0.3) is 11.3 Å². The van der Waals surface area contributed by atoms with Crippen molar-refractivity contribution >= 4 is 17.4 Å². The van der Waals surface area contributed by atoms with Crippen LogP contribution in [0.1, 0.15) is 30.5 Å². The molecule has 2 amide bonds. The molecule has 0 aliphatic carbocycles. The summed E-state index contributed by atoms with van der Waals surface area (Å²) in [6.07, 6.45) is -2.55. The predicted molar refractivity (Wildman–Crippen MR) is 123 cm³/mol. The molecule has 35 heavy (non-hydrogen) atoms. The summed E-state index contributed by atoms with van der Waals surface area (Å²) in [7, 11) is 3.13. The Morgan fingerprint density at radius 2 is 2.03 bits per heavy atom. The van der Waals surface area contributed by atoms with Crippen LogP contribution in [0.2, 0.25) is 0 Å². The van der Waals surface area contributed by atoms with Gasteiger partial charge in [0.2, 0.25) is 0 Å². The fourth-order valence-electron chi connectivity index (χ4n) is 4.02. The van der Waals surface area contributed by atoms with Crippen LogP contribution < -0.4 is 15.4 Å². The summed E-state index contributed by atoms with van der Waals surface area (Å²) in [4.78, 5) is 17.5. The highest BCUT2D eigenvalue weighted by Gasteiger charge is 2.35. The average Bonchev–Trinajstić information content (AvgIpc) is 2.87. The van der Waals surface area contributed by atoms with E-state index in [2.05, 4.69) is 20.7 Å². The van der Waals surface area contributed by atoms with Crippen molar-refractivity contribution in [1.82, 2.24) is 15.2 Å². The number of aromatic nitrogens is 1. The minimum Gasteiger partial charge on any atom is -0.493 e. The van der Waals surface area contributed by atoms with E-state index in [1.54, 1.807) is 19.0 Å². The van der Waals surface area contributed by atoms with Crippen LogP contribution >= 0.6 is 0 Å². The van der Waals surface area contributed by atoms with Crippen LogP contribution in [0.5, 0.6) is 5.75 Å².